The Morgan fingerprint density at radius 1 is 0.816 bits per heavy atom. The molecule has 1 unspecified atom stereocenters. The molecule has 0 saturated carbocycles. The van der Waals surface area contributed by atoms with Crippen LogP contribution >= 0.6 is 11.8 Å². The van der Waals surface area contributed by atoms with Gasteiger partial charge in [-0.25, -0.2) is 13.6 Å². The minimum absolute atomic E-state index is 0.0551. The number of sulfonamides is 1. The second kappa shape index (κ2) is 16.7. The van der Waals surface area contributed by atoms with Crippen molar-refractivity contribution in [2.45, 2.75) is 28.4 Å². The smallest absolute Gasteiger partial charge is 0.272 e. The van der Waals surface area contributed by atoms with Gasteiger partial charge in [-0.05, 0) is 84.8 Å². The van der Waals surface area contributed by atoms with Gasteiger partial charge in [-0.1, -0.05) is 31.2 Å². The average molecular weight is 705 g/mol. The van der Waals surface area contributed by atoms with Gasteiger partial charge in [0, 0.05) is 21.8 Å². The van der Waals surface area contributed by atoms with Gasteiger partial charge >= 0.3 is 0 Å². The Morgan fingerprint density at radius 3 is 2.04 bits per heavy atom. The van der Waals surface area contributed by atoms with Crippen LogP contribution in [0.2, 0.25) is 0 Å². The fraction of sp³-hybridized carbons (Fsp3) is 0.171. The number of thioether (sulfide) groups is 1. The van der Waals surface area contributed by atoms with Crippen molar-refractivity contribution in [3.8, 4) is 17.2 Å². The van der Waals surface area contributed by atoms with Crippen molar-refractivity contribution in [3.63, 3.8) is 0 Å². The summed E-state index contributed by atoms with van der Waals surface area (Å²) in [5.74, 6) is -0.286. The summed E-state index contributed by atoms with van der Waals surface area (Å²) < 4.78 is 39.4. The number of benzene rings is 4. The van der Waals surface area contributed by atoms with E-state index in [-0.39, 0.29) is 16.5 Å². The molecule has 0 heterocycles. The summed E-state index contributed by atoms with van der Waals surface area (Å²) in [5.41, 5.74) is 1.64. The molecule has 4 rings (SSSR count). The predicted molar refractivity (Wildman–Crippen MR) is 189 cm³/mol. The zero-order valence-electron chi connectivity index (χ0n) is 27.2. The van der Waals surface area contributed by atoms with Gasteiger partial charge in [-0.15, -0.1) is 11.8 Å². The molecule has 0 fully saturated rings. The van der Waals surface area contributed by atoms with E-state index in [1.165, 1.54) is 63.4 Å². The van der Waals surface area contributed by atoms with Crippen molar-refractivity contribution in [3.05, 3.63) is 108 Å². The van der Waals surface area contributed by atoms with Crippen LogP contribution in [0.3, 0.4) is 0 Å². The lowest BCUT2D eigenvalue weighted by Crippen LogP contribution is -2.30. The highest BCUT2D eigenvalue weighted by molar-refractivity contribution is 8.00. The van der Waals surface area contributed by atoms with Crippen LogP contribution in [0, 0.1) is 0 Å². The largest absolute Gasteiger partial charge is 0.493 e. The maximum absolute atomic E-state index is 13.7. The van der Waals surface area contributed by atoms with E-state index >= 15 is 0 Å². The van der Waals surface area contributed by atoms with Gasteiger partial charge in [0.25, 0.3) is 11.8 Å². The van der Waals surface area contributed by atoms with Crippen molar-refractivity contribution in [1.29, 1.82) is 0 Å². The number of anilines is 2. The molecule has 14 heteroatoms. The van der Waals surface area contributed by atoms with Crippen molar-refractivity contribution in [1.82, 2.24) is 5.32 Å². The normalized spacial score (nSPS) is 12.0. The Labute approximate surface area is 289 Å². The molecule has 4 aromatic carbocycles. The number of hydrogen-bond acceptors (Lipinski definition) is 9. The van der Waals surface area contributed by atoms with Crippen LogP contribution in [-0.4, -0.2) is 52.7 Å². The third-order valence-electron chi connectivity index (χ3n) is 7.01. The predicted octanol–water partition coefficient (Wildman–Crippen LogP) is 5.28. The molecule has 5 N–H and O–H groups in total. The third-order valence-corrected chi connectivity index (χ3v) is 9.30. The second-order valence-corrected chi connectivity index (χ2v) is 13.2. The van der Waals surface area contributed by atoms with Crippen LogP contribution in [0.1, 0.15) is 29.3 Å². The number of nitrogens with two attached hydrogens (primary N) is 1. The molecule has 0 radical (unpaired) electrons. The first kappa shape index (κ1) is 36.5. The van der Waals surface area contributed by atoms with Crippen LogP contribution in [0.4, 0.5) is 11.4 Å². The SMILES string of the molecule is CCC(Sc1cccc(NC(=O)/C(=C\c2cc(OC)c(OC)c(OC)c2)NC(=O)c2ccccc2)c1)C(=O)Nc1ccc(S(N)(=O)=O)cc1. The van der Waals surface area contributed by atoms with E-state index in [2.05, 4.69) is 16.0 Å². The number of primary sulfonamides is 1. The summed E-state index contributed by atoms with van der Waals surface area (Å²) in [6, 6.07) is 24.3. The van der Waals surface area contributed by atoms with Crippen LogP contribution < -0.4 is 35.3 Å². The summed E-state index contributed by atoms with van der Waals surface area (Å²) in [4.78, 5) is 40.6. The summed E-state index contributed by atoms with van der Waals surface area (Å²) in [5, 5.41) is 13.0. The molecular formula is C35H36N4O8S2. The van der Waals surface area contributed by atoms with Crippen LogP contribution in [0.25, 0.3) is 6.08 Å². The Bertz CT molecular complexity index is 1930. The van der Waals surface area contributed by atoms with Gasteiger partial charge in [0.05, 0.1) is 31.5 Å². The maximum Gasteiger partial charge on any atom is 0.272 e. The molecule has 256 valence electrons. The van der Waals surface area contributed by atoms with E-state index in [0.29, 0.717) is 51.1 Å². The number of ether oxygens (including phenoxy) is 3. The minimum atomic E-state index is -3.86. The van der Waals surface area contributed by atoms with Crippen molar-refractivity contribution in [2.24, 2.45) is 5.14 Å². The average Bonchev–Trinajstić information content (AvgIpc) is 3.10. The highest BCUT2D eigenvalue weighted by Gasteiger charge is 2.21. The lowest BCUT2D eigenvalue weighted by atomic mass is 10.1. The Balaban J connectivity index is 1.56. The summed E-state index contributed by atoms with van der Waals surface area (Å²) in [6.45, 7) is 1.86. The van der Waals surface area contributed by atoms with Gasteiger partial charge in [0.1, 0.15) is 5.70 Å². The fourth-order valence-electron chi connectivity index (χ4n) is 4.58. The van der Waals surface area contributed by atoms with E-state index in [0.717, 1.165) is 0 Å². The van der Waals surface area contributed by atoms with Gasteiger partial charge in [-0.2, -0.15) is 0 Å². The number of hydrogen-bond donors (Lipinski definition) is 4. The molecule has 12 nitrogen and oxygen atoms in total. The molecular weight excluding hydrogens is 669 g/mol. The topological polar surface area (TPSA) is 175 Å². The van der Waals surface area contributed by atoms with Crippen LogP contribution in [0.15, 0.2) is 106 Å². The summed E-state index contributed by atoms with van der Waals surface area (Å²) >= 11 is 1.29. The zero-order chi connectivity index (χ0) is 35.6. The molecule has 3 amide bonds. The first-order valence-corrected chi connectivity index (χ1v) is 17.3. The van der Waals surface area contributed by atoms with E-state index in [1.807, 2.05) is 6.92 Å². The quantitative estimate of drug-likeness (QED) is 0.101. The standard InChI is InChI=1S/C35H36N4O8S2/c1-5-31(35(42)37-24-14-16-27(17-15-24)49(36,43)44)48-26-13-9-12-25(21-26)38-34(41)28(39-33(40)23-10-7-6-8-11-23)18-22-19-29(45-2)32(47-4)30(20-22)46-3/h6-21,31H,5H2,1-4H3,(H,37,42)(H,38,41)(H,39,40)(H2,36,43,44)/b28-18+. The van der Waals surface area contributed by atoms with E-state index in [4.69, 9.17) is 19.3 Å². The number of amides is 3. The molecule has 0 bridgehead atoms. The van der Waals surface area contributed by atoms with Gasteiger partial charge < -0.3 is 30.2 Å². The van der Waals surface area contributed by atoms with Gasteiger partial charge in [0.15, 0.2) is 11.5 Å². The van der Waals surface area contributed by atoms with E-state index in [9.17, 15) is 22.8 Å². The lowest BCUT2D eigenvalue weighted by Gasteiger charge is -2.16. The molecule has 0 aliphatic rings. The number of carbonyl (C=O) groups is 3. The molecule has 1 atom stereocenters. The maximum atomic E-state index is 13.7. The molecule has 4 aromatic rings. The number of nitrogens with one attached hydrogen (secondary N) is 3. The Hall–Kier alpha value is -5.31. The molecule has 0 aliphatic carbocycles. The third kappa shape index (κ3) is 9.85. The zero-order valence-corrected chi connectivity index (χ0v) is 28.8. The summed E-state index contributed by atoms with van der Waals surface area (Å²) in [7, 11) is 0.570. The van der Waals surface area contributed by atoms with Crippen molar-refractivity contribution < 1.29 is 37.0 Å². The Kier molecular flexibility index (Phi) is 12.4. The van der Waals surface area contributed by atoms with Crippen molar-refractivity contribution >= 4 is 57.0 Å². The van der Waals surface area contributed by atoms with Gasteiger partial charge in [-0.3, -0.25) is 14.4 Å². The summed E-state index contributed by atoms with van der Waals surface area (Å²) in [6.07, 6.45) is 1.97. The first-order chi connectivity index (χ1) is 23.4. The highest BCUT2D eigenvalue weighted by atomic mass is 32.2. The number of rotatable bonds is 14. The molecule has 0 spiro atoms. The monoisotopic (exact) mass is 704 g/mol. The number of carbonyl (C=O) groups excluding carboxylic acids is 3. The fourth-order valence-corrected chi connectivity index (χ4v) is 6.11. The van der Waals surface area contributed by atoms with E-state index in [1.54, 1.807) is 66.7 Å². The van der Waals surface area contributed by atoms with E-state index < -0.39 is 27.1 Å². The van der Waals surface area contributed by atoms with Gasteiger partial charge in [0.2, 0.25) is 21.7 Å². The molecule has 0 aromatic heterocycles. The van der Waals surface area contributed by atoms with Crippen LogP contribution in [0.5, 0.6) is 17.2 Å². The molecule has 0 saturated heterocycles. The number of methoxy groups -OCH3 is 3. The minimum Gasteiger partial charge on any atom is -0.493 e. The lowest BCUT2D eigenvalue weighted by molar-refractivity contribution is -0.116. The molecule has 0 aliphatic heterocycles. The Morgan fingerprint density at radius 2 is 1.47 bits per heavy atom. The van der Waals surface area contributed by atoms with Crippen LogP contribution in [-0.2, 0) is 19.6 Å². The molecule has 49 heavy (non-hydrogen) atoms. The first-order valence-electron chi connectivity index (χ1n) is 14.9. The highest BCUT2D eigenvalue weighted by Crippen LogP contribution is 2.38. The van der Waals surface area contributed by atoms with Crippen molar-refractivity contribution in [2.75, 3.05) is 32.0 Å². The second-order valence-electron chi connectivity index (χ2n) is 10.4.